The minimum atomic E-state index is -1.47. The Labute approximate surface area is 193 Å². The maximum Gasteiger partial charge on any atom is 0.326 e. The highest BCUT2D eigenvalue weighted by Gasteiger charge is 2.25. The number of nitrogens with one attached hydrogen (secondary N) is 2. The molecule has 33 heavy (non-hydrogen) atoms. The molecule has 1 atom stereocenters. The Morgan fingerprint density at radius 1 is 1.30 bits per heavy atom. The summed E-state index contributed by atoms with van der Waals surface area (Å²) >= 11 is 6.21. The molecule has 0 aliphatic rings. The summed E-state index contributed by atoms with van der Waals surface area (Å²) < 4.78 is 6.83. The number of anilines is 1. The second-order valence-corrected chi connectivity index (χ2v) is 7.51. The quantitative estimate of drug-likeness (QED) is 0.345. The zero-order valence-corrected chi connectivity index (χ0v) is 18.7. The van der Waals surface area contributed by atoms with E-state index in [1.54, 1.807) is 23.0 Å². The number of carbonyl (C=O) groups excluding carboxylic acids is 2. The number of fused-ring (bicyclic) bond motifs is 1. The van der Waals surface area contributed by atoms with E-state index in [9.17, 15) is 19.5 Å². The number of primary amides is 1. The highest BCUT2D eigenvalue weighted by molar-refractivity contribution is 6.32. The molecule has 0 fully saturated rings. The summed E-state index contributed by atoms with van der Waals surface area (Å²) in [6.45, 7) is 2.77. The molecule has 0 aliphatic heterocycles. The normalized spacial score (nSPS) is 11.7. The second-order valence-electron chi connectivity index (χ2n) is 7.10. The van der Waals surface area contributed by atoms with Crippen LogP contribution in [0.4, 0.5) is 5.69 Å². The molecule has 1 aromatic carbocycles. The van der Waals surface area contributed by atoms with Gasteiger partial charge in [-0.2, -0.15) is 5.10 Å². The largest absolute Gasteiger partial charge is 0.495 e. The zero-order valence-electron chi connectivity index (χ0n) is 18.0. The number of aryl methyl sites for hydroxylation is 1. The lowest BCUT2D eigenvalue weighted by Crippen LogP contribution is -2.43. The van der Waals surface area contributed by atoms with E-state index < -0.39 is 30.2 Å². The fraction of sp³-hybridized carbons (Fsp3) is 0.286. The van der Waals surface area contributed by atoms with Crippen LogP contribution in [0.1, 0.15) is 29.3 Å². The Balaban J connectivity index is 1.96. The minimum Gasteiger partial charge on any atom is -0.495 e. The van der Waals surface area contributed by atoms with Gasteiger partial charge in [0.15, 0.2) is 5.65 Å². The second kappa shape index (κ2) is 10.2. The van der Waals surface area contributed by atoms with E-state index in [1.165, 1.54) is 13.3 Å². The van der Waals surface area contributed by atoms with Gasteiger partial charge in [0.1, 0.15) is 11.8 Å². The average molecular weight is 475 g/mol. The first-order chi connectivity index (χ1) is 15.7. The van der Waals surface area contributed by atoms with Crippen LogP contribution in [-0.4, -0.2) is 50.8 Å². The van der Waals surface area contributed by atoms with Crippen LogP contribution in [0.2, 0.25) is 5.02 Å². The number of amides is 2. The van der Waals surface area contributed by atoms with Crippen molar-refractivity contribution in [2.45, 2.75) is 32.5 Å². The number of carboxylic acids is 1. The van der Waals surface area contributed by atoms with Gasteiger partial charge in [0.25, 0.3) is 5.91 Å². The first-order valence-electron chi connectivity index (χ1n) is 9.97. The number of ether oxygens (including phenoxy) is 1. The van der Waals surface area contributed by atoms with Crippen LogP contribution >= 0.6 is 11.6 Å². The van der Waals surface area contributed by atoms with E-state index in [0.717, 1.165) is 5.56 Å². The Kier molecular flexibility index (Phi) is 7.34. The number of benzene rings is 1. The van der Waals surface area contributed by atoms with E-state index in [1.807, 2.05) is 13.0 Å². The molecule has 2 heterocycles. The van der Waals surface area contributed by atoms with Crippen molar-refractivity contribution in [2.75, 3.05) is 12.4 Å². The van der Waals surface area contributed by atoms with E-state index in [0.29, 0.717) is 40.6 Å². The molecule has 3 aromatic rings. The lowest BCUT2D eigenvalue weighted by atomic mass is 10.1. The van der Waals surface area contributed by atoms with Crippen LogP contribution in [-0.2, 0) is 22.7 Å². The van der Waals surface area contributed by atoms with Crippen molar-refractivity contribution in [3.8, 4) is 5.75 Å². The Morgan fingerprint density at radius 2 is 2.06 bits per heavy atom. The van der Waals surface area contributed by atoms with E-state index in [2.05, 4.69) is 20.7 Å². The third-order valence-electron chi connectivity index (χ3n) is 4.90. The van der Waals surface area contributed by atoms with Crippen LogP contribution in [0.3, 0.4) is 0 Å². The Hall–Kier alpha value is -3.86. The summed E-state index contributed by atoms with van der Waals surface area (Å²) in [7, 11) is 1.52. The summed E-state index contributed by atoms with van der Waals surface area (Å²) in [5, 5.41) is 20.2. The topological polar surface area (TPSA) is 161 Å². The number of hydrogen-bond acceptors (Lipinski definition) is 7. The molecule has 0 saturated carbocycles. The molecule has 11 nitrogen and oxygen atoms in total. The maximum absolute atomic E-state index is 13.0. The molecule has 3 rings (SSSR count). The monoisotopic (exact) mass is 474 g/mol. The molecule has 2 amide bonds. The summed E-state index contributed by atoms with van der Waals surface area (Å²) in [6.07, 6.45) is 2.36. The van der Waals surface area contributed by atoms with Gasteiger partial charge in [0.05, 0.1) is 41.4 Å². The number of nitrogens with zero attached hydrogens (tertiary/aromatic N) is 3. The van der Waals surface area contributed by atoms with Crippen molar-refractivity contribution < 1.29 is 24.2 Å². The van der Waals surface area contributed by atoms with Crippen molar-refractivity contribution in [2.24, 2.45) is 5.73 Å². The first-order valence-corrected chi connectivity index (χ1v) is 10.4. The molecule has 0 bridgehead atoms. The highest BCUT2D eigenvalue weighted by atomic mass is 35.5. The minimum absolute atomic E-state index is 0.0912. The maximum atomic E-state index is 13.0. The third kappa shape index (κ3) is 5.32. The van der Waals surface area contributed by atoms with Gasteiger partial charge in [-0.25, -0.2) is 14.5 Å². The molecule has 5 N–H and O–H groups in total. The summed E-state index contributed by atoms with van der Waals surface area (Å²) in [4.78, 5) is 39.9. The standard InChI is InChI=1S/C21H23ClN6O5/c1-3-28-19-12(10-26-28)18(24-8-11-4-5-16(33-2)14(22)6-11)13(9-25-19)20(30)27-15(21(31)32)7-17(23)29/h4-6,9-10,15H,3,7-8H2,1-2H3,(H2,23,29)(H,24,25)(H,27,30)(H,31,32)/t15-/m0/s1. The number of nitrogens with two attached hydrogens (primary N) is 1. The van der Waals surface area contributed by atoms with Crippen molar-refractivity contribution in [3.63, 3.8) is 0 Å². The summed E-state index contributed by atoms with van der Waals surface area (Å²) in [5.41, 5.74) is 6.97. The summed E-state index contributed by atoms with van der Waals surface area (Å²) in [6, 6.07) is 3.80. The van der Waals surface area contributed by atoms with E-state index in [4.69, 9.17) is 22.1 Å². The smallest absolute Gasteiger partial charge is 0.326 e. The fourth-order valence-electron chi connectivity index (χ4n) is 3.27. The van der Waals surface area contributed by atoms with E-state index >= 15 is 0 Å². The number of halogens is 1. The van der Waals surface area contributed by atoms with Crippen molar-refractivity contribution in [1.29, 1.82) is 0 Å². The predicted molar refractivity (Wildman–Crippen MR) is 121 cm³/mol. The molecule has 0 unspecified atom stereocenters. The van der Waals surface area contributed by atoms with Crippen molar-refractivity contribution in [1.82, 2.24) is 20.1 Å². The number of carboxylic acid groups (broad SMARTS) is 1. The molecular formula is C21H23ClN6O5. The lowest BCUT2D eigenvalue weighted by molar-refractivity contribution is -0.140. The lowest BCUT2D eigenvalue weighted by Gasteiger charge is -2.16. The predicted octanol–water partition coefficient (Wildman–Crippen LogP) is 1.78. The molecule has 12 heteroatoms. The number of pyridine rings is 1. The number of aliphatic carboxylic acids is 1. The van der Waals surface area contributed by atoms with Gasteiger partial charge in [0, 0.05) is 19.3 Å². The molecule has 174 valence electrons. The first kappa shape index (κ1) is 23.8. The highest BCUT2D eigenvalue weighted by Crippen LogP contribution is 2.29. The number of rotatable bonds is 10. The van der Waals surface area contributed by atoms with Crippen LogP contribution in [0.15, 0.2) is 30.6 Å². The average Bonchev–Trinajstić information content (AvgIpc) is 3.20. The van der Waals surface area contributed by atoms with E-state index in [-0.39, 0.29) is 5.56 Å². The SMILES string of the molecule is CCn1ncc2c(NCc3ccc(OC)c(Cl)c3)c(C(=O)N[C@@H](CC(N)=O)C(=O)O)cnc21. The molecular weight excluding hydrogens is 452 g/mol. The van der Waals surface area contributed by atoms with Gasteiger partial charge in [-0.05, 0) is 24.6 Å². The molecule has 0 saturated heterocycles. The van der Waals surface area contributed by atoms with Crippen LogP contribution in [0.25, 0.3) is 11.0 Å². The number of hydrogen-bond donors (Lipinski definition) is 4. The number of aromatic nitrogens is 3. The Bertz CT molecular complexity index is 1210. The van der Waals surface area contributed by atoms with Gasteiger partial charge in [-0.1, -0.05) is 17.7 Å². The van der Waals surface area contributed by atoms with Crippen molar-refractivity contribution in [3.05, 3.63) is 46.7 Å². The van der Waals surface area contributed by atoms with Crippen LogP contribution < -0.4 is 21.1 Å². The molecule has 0 radical (unpaired) electrons. The van der Waals surface area contributed by atoms with Gasteiger partial charge in [-0.15, -0.1) is 0 Å². The number of methoxy groups -OCH3 is 1. The number of carbonyl (C=O) groups is 3. The Morgan fingerprint density at radius 3 is 2.67 bits per heavy atom. The molecule has 0 spiro atoms. The van der Waals surface area contributed by atoms with Gasteiger partial charge in [-0.3, -0.25) is 9.59 Å². The molecule has 0 aliphatic carbocycles. The van der Waals surface area contributed by atoms with Crippen LogP contribution in [0, 0.1) is 0 Å². The third-order valence-corrected chi connectivity index (χ3v) is 5.20. The molecule has 2 aromatic heterocycles. The fourth-order valence-corrected chi connectivity index (χ4v) is 3.55. The summed E-state index contributed by atoms with van der Waals surface area (Å²) in [5.74, 6) is -2.42. The van der Waals surface area contributed by atoms with Crippen LogP contribution in [0.5, 0.6) is 5.75 Å². The van der Waals surface area contributed by atoms with Gasteiger partial charge >= 0.3 is 5.97 Å². The van der Waals surface area contributed by atoms with Crippen molar-refractivity contribution >= 4 is 46.1 Å². The van der Waals surface area contributed by atoms with Gasteiger partial charge < -0.3 is 26.2 Å². The van der Waals surface area contributed by atoms with Gasteiger partial charge in [0.2, 0.25) is 5.91 Å². The zero-order chi connectivity index (χ0) is 24.1.